The molecule has 0 bridgehead atoms. The van der Waals surface area contributed by atoms with Gasteiger partial charge in [-0.25, -0.2) is 10.0 Å². The average Bonchev–Trinajstić information content (AvgIpc) is 3.23. The van der Waals surface area contributed by atoms with Crippen LogP contribution in [-0.4, -0.2) is 64.1 Å². The molecular formula is C32H36ClN5O3S. The van der Waals surface area contributed by atoms with Crippen molar-refractivity contribution in [3.05, 3.63) is 100 Å². The first-order valence-corrected chi connectivity index (χ1v) is 16.8. The number of rotatable bonds is 7. The minimum Gasteiger partial charge on any atom is -0.485 e. The maximum Gasteiger partial charge on any atom is 0.216 e. The van der Waals surface area contributed by atoms with E-state index in [0.717, 1.165) is 40.7 Å². The van der Waals surface area contributed by atoms with Crippen LogP contribution in [0, 0.1) is 6.92 Å². The topological polar surface area (TPSA) is 98.5 Å². The van der Waals surface area contributed by atoms with Gasteiger partial charge in [-0.15, -0.1) is 10.2 Å². The predicted octanol–water partition coefficient (Wildman–Crippen LogP) is 6.04. The van der Waals surface area contributed by atoms with E-state index in [4.69, 9.17) is 21.3 Å². The molecule has 0 radical (unpaired) electrons. The van der Waals surface area contributed by atoms with Crippen LogP contribution in [0.15, 0.2) is 76.6 Å². The number of nitrogens with one attached hydrogen (secondary N) is 1. The third kappa shape index (κ3) is 7.46. The second-order valence-electron chi connectivity index (χ2n) is 10.5. The molecule has 1 N–H and O–H groups in total. The molecule has 0 fully saturated rings. The monoisotopic (exact) mass is 605 g/mol. The minimum absolute atomic E-state index is 0.0394. The Morgan fingerprint density at radius 3 is 2.29 bits per heavy atom. The molecule has 0 aliphatic carbocycles. The SMILES string of the molecule is CCNC(C)=O.Cc1nnc2n1-c1ccc(OCC(=O)c3ccc(S(C)(C)C)cc3)cc1C(c1ccc(Cl)cc1)=NC2. The number of amides is 1. The van der Waals surface area contributed by atoms with E-state index in [1.807, 2.05) is 85.1 Å². The van der Waals surface area contributed by atoms with Crippen LogP contribution in [0.3, 0.4) is 0 Å². The Balaban J connectivity index is 0.000000612. The van der Waals surface area contributed by atoms with E-state index < -0.39 is 10.0 Å². The zero-order valence-corrected chi connectivity index (χ0v) is 26.3. The molecule has 0 saturated carbocycles. The fourth-order valence-electron chi connectivity index (χ4n) is 4.43. The Morgan fingerprint density at radius 2 is 1.69 bits per heavy atom. The van der Waals surface area contributed by atoms with E-state index >= 15 is 0 Å². The van der Waals surface area contributed by atoms with Crippen LogP contribution < -0.4 is 10.1 Å². The Labute approximate surface area is 253 Å². The van der Waals surface area contributed by atoms with Crippen molar-refractivity contribution in [1.29, 1.82) is 0 Å². The highest BCUT2D eigenvalue weighted by Crippen LogP contribution is 2.44. The number of halogens is 1. The maximum absolute atomic E-state index is 12.8. The molecule has 3 aromatic carbocycles. The highest BCUT2D eigenvalue weighted by molar-refractivity contribution is 8.32. The third-order valence-corrected chi connectivity index (χ3v) is 8.47. The lowest BCUT2D eigenvalue weighted by Crippen LogP contribution is -2.18. The molecule has 0 spiro atoms. The molecule has 0 atom stereocenters. The lowest BCUT2D eigenvalue weighted by atomic mass is 10.00. The highest BCUT2D eigenvalue weighted by atomic mass is 35.5. The largest absolute Gasteiger partial charge is 0.485 e. The number of carbonyl (C=O) groups excluding carboxylic acids is 2. The van der Waals surface area contributed by atoms with Crippen molar-refractivity contribution in [2.75, 3.05) is 31.9 Å². The van der Waals surface area contributed by atoms with Gasteiger partial charge in [-0.2, -0.15) is 0 Å². The normalized spacial score (nSPS) is 12.5. The van der Waals surface area contributed by atoms with Gasteiger partial charge in [0.15, 0.2) is 18.2 Å². The number of ketones is 1. The van der Waals surface area contributed by atoms with Crippen LogP contribution in [0.25, 0.3) is 5.69 Å². The quantitative estimate of drug-likeness (QED) is 0.259. The van der Waals surface area contributed by atoms with E-state index in [9.17, 15) is 9.59 Å². The van der Waals surface area contributed by atoms with Crippen LogP contribution in [-0.2, 0) is 11.3 Å². The number of aliphatic imine (C=N–C) groups is 1. The molecular weight excluding hydrogens is 570 g/mol. The van der Waals surface area contributed by atoms with E-state index in [2.05, 4.69) is 34.3 Å². The van der Waals surface area contributed by atoms with Crippen LogP contribution in [0.5, 0.6) is 5.75 Å². The second-order valence-corrected chi connectivity index (χ2v) is 15.1. The molecule has 1 aliphatic rings. The van der Waals surface area contributed by atoms with Crippen molar-refractivity contribution >= 4 is 39.0 Å². The molecule has 1 amide bonds. The zero-order chi connectivity index (χ0) is 30.4. The number of nitrogens with zero attached hydrogens (tertiary/aromatic N) is 4. The van der Waals surface area contributed by atoms with Gasteiger partial charge >= 0.3 is 0 Å². The summed E-state index contributed by atoms with van der Waals surface area (Å²) in [6, 6.07) is 21.2. The summed E-state index contributed by atoms with van der Waals surface area (Å²) >= 11 is 6.12. The van der Waals surface area contributed by atoms with Gasteiger partial charge < -0.3 is 10.1 Å². The van der Waals surface area contributed by atoms with Crippen molar-refractivity contribution in [2.45, 2.75) is 32.2 Å². The number of hydrogen-bond acceptors (Lipinski definition) is 6. The molecule has 0 unspecified atom stereocenters. The Bertz CT molecular complexity index is 1610. The Hall–Kier alpha value is -3.95. The van der Waals surface area contributed by atoms with Gasteiger partial charge in [-0.3, -0.25) is 19.1 Å². The van der Waals surface area contributed by atoms with E-state index in [-0.39, 0.29) is 18.3 Å². The third-order valence-electron chi connectivity index (χ3n) is 6.53. The number of benzene rings is 3. The standard InChI is InChI=1S/C28H27ClN4O2S.C4H9NO/c1-18-31-32-27-16-30-28(20-5-9-21(29)10-6-20)24-15-22(11-14-25(24)33(18)27)35-17-26(34)19-7-12-23(13-8-19)36(2,3)4;1-3-5-4(2)6/h5-15H,16-17H2,1-4H3;3H2,1-2H3,(H,5,6). The van der Waals surface area contributed by atoms with Gasteiger partial charge in [-0.1, -0.05) is 35.9 Å². The van der Waals surface area contributed by atoms with Gasteiger partial charge in [0, 0.05) is 35.2 Å². The molecule has 2 heterocycles. The van der Waals surface area contributed by atoms with Crippen molar-refractivity contribution in [3.63, 3.8) is 0 Å². The summed E-state index contributed by atoms with van der Waals surface area (Å²) < 4.78 is 7.98. The molecule has 4 aromatic rings. The summed E-state index contributed by atoms with van der Waals surface area (Å²) in [4.78, 5) is 28.9. The zero-order valence-electron chi connectivity index (χ0n) is 24.8. The number of ether oxygens (including phenoxy) is 1. The van der Waals surface area contributed by atoms with Crippen LogP contribution in [0.1, 0.15) is 47.0 Å². The van der Waals surface area contributed by atoms with Crippen LogP contribution in [0.2, 0.25) is 5.02 Å². The smallest absolute Gasteiger partial charge is 0.216 e. The Kier molecular flexibility index (Phi) is 9.85. The summed E-state index contributed by atoms with van der Waals surface area (Å²) in [7, 11) is -0.835. The van der Waals surface area contributed by atoms with Crippen molar-refractivity contribution in [1.82, 2.24) is 20.1 Å². The molecule has 220 valence electrons. The molecule has 0 saturated heterocycles. The molecule has 1 aliphatic heterocycles. The van der Waals surface area contributed by atoms with Gasteiger partial charge in [0.25, 0.3) is 0 Å². The molecule has 42 heavy (non-hydrogen) atoms. The first-order chi connectivity index (χ1) is 20.0. The number of aryl methyl sites for hydroxylation is 1. The van der Waals surface area contributed by atoms with Crippen molar-refractivity contribution < 1.29 is 14.3 Å². The van der Waals surface area contributed by atoms with E-state index in [1.54, 1.807) is 0 Å². The summed E-state index contributed by atoms with van der Waals surface area (Å²) in [5, 5.41) is 11.8. The van der Waals surface area contributed by atoms with E-state index in [0.29, 0.717) is 22.9 Å². The number of carbonyl (C=O) groups is 2. The van der Waals surface area contributed by atoms with Gasteiger partial charge in [0.05, 0.1) is 11.4 Å². The van der Waals surface area contributed by atoms with Gasteiger partial charge in [0.2, 0.25) is 5.91 Å². The number of Topliss-reactive ketones (excluding diaryl/α,β-unsaturated/α-hetero) is 1. The van der Waals surface area contributed by atoms with E-state index in [1.165, 1.54) is 11.8 Å². The summed E-state index contributed by atoms with van der Waals surface area (Å²) in [6.45, 7) is 6.39. The maximum atomic E-state index is 12.8. The number of fused-ring (bicyclic) bond motifs is 3. The van der Waals surface area contributed by atoms with Gasteiger partial charge in [-0.05, 0) is 80.0 Å². The molecule has 1 aromatic heterocycles. The second kappa shape index (κ2) is 13.4. The van der Waals surface area contributed by atoms with Crippen molar-refractivity contribution in [3.8, 4) is 11.4 Å². The molecule has 10 heteroatoms. The minimum atomic E-state index is -0.835. The Morgan fingerprint density at radius 1 is 1.00 bits per heavy atom. The summed E-state index contributed by atoms with van der Waals surface area (Å²) in [5.74, 6) is 2.11. The average molecular weight is 606 g/mol. The fraction of sp³-hybridized carbons (Fsp3) is 0.281. The predicted molar refractivity (Wildman–Crippen MR) is 171 cm³/mol. The highest BCUT2D eigenvalue weighted by Gasteiger charge is 2.22. The van der Waals surface area contributed by atoms with Gasteiger partial charge in [0.1, 0.15) is 18.1 Å². The van der Waals surface area contributed by atoms with Crippen LogP contribution >= 0.6 is 21.6 Å². The van der Waals surface area contributed by atoms with Crippen LogP contribution in [0.4, 0.5) is 0 Å². The number of aromatic nitrogens is 3. The molecule has 8 nitrogen and oxygen atoms in total. The number of hydrogen-bond donors (Lipinski definition) is 1. The lowest BCUT2D eigenvalue weighted by molar-refractivity contribution is -0.118. The fourth-order valence-corrected chi connectivity index (χ4v) is 5.51. The first-order valence-electron chi connectivity index (χ1n) is 13.5. The first kappa shape index (κ1) is 31.0. The molecule has 5 rings (SSSR count). The summed E-state index contributed by atoms with van der Waals surface area (Å²) in [6.07, 6.45) is 6.70. The van der Waals surface area contributed by atoms with Crippen molar-refractivity contribution in [2.24, 2.45) is 4.99 Å². The lowest BCUT2D eigenvalue weighted by Gasteiger charge is -2.25. The summed E-state index contributed by atoms with van der Waals surface area (Å²) in [5.41, 5.74) is 4.18.